The first-order chi connectivity index (χ1) is 28.1. The number of carbonyl (C=O) groups is 7. The standard InChI is InChI=1S/C46H80N8O7/c1-26(2)34(48-13)42(57)51(16)37(29(7)8)44(59)53(18)39(31(11)12)46(61)54(19)38(30(9)10)45(60)52(17)36(28(5)6)43(58)49(14)33(25-32-23-21-20-22-24-32)41(56)50(15)35(27(3)4)40(47)55/h20-24,26-31,33-39,48H,25H2,1-19H3,(H2,47,55)/t33-,34-,35-,36-,37-,38-,39-/m0/s1. The Hall–Kier alpha value is -4.53. The fraction of sp³-hybridized carbons (Fsp3) is 0.717. The third kappa shape index (κ3) is 13.2. The number of likely N-dealkylation sites (N-methyl/N-ethyl adjacent to an activating group) is 7. The van der Waals surface area contributed by atoms with Crippen molar-refractivity contribution in [1.82, 2.24) is 34.7 Å². The molecule has 0 aliphatic heterocycles. The summed E-state index contributed by atoms with van der Waals surface area (Å²) in [5, 5.41) is 3.06. The van der Waals surface area contributed by atoms with E-state index in [4.69, 9.17) is 5.73 Å². The van der Waals surface area contributed by atoms with Crippen molar-refractivity contribution in [1.29, 1.82) is 0 Å². The maximum absolute atomic E-state index is 14.8. The molecule has 0 aromatic heterocycles. The number of nitrogens with two attached hydrogens (primary N) is 1. The number of nitrogens with one attached hydrogen (secondary N) is 1. The van der Waals surface area contributed by atoms with E-state index in [9.17, 15) is 33.6 Å². The van der Waals surface area contributed by atoms with Crippen LogP contribution < -0.4 is 11.1 Å². The summed E-state index contributed by atoms with van der Waals surface area (Å²) in [5.74, 6) is -5.03. The minimum absolute atomic E-state index is 0.0282. The second-order valence-electron chi connectivity index (χ2n) is 18.8. The first kappa shape index (κ1) is 54.5. The molecule has 0 aliphatic carbocycles. The SMILES string of the molecule is CN[C@H](C(=O)N(C)[C@H](C(=O)N(C)[C@H](C(=O)N(C)[C@H](C(=O)N(C)[C@H](C(=O)N(C)[C@@H](Cc1ccccc1)C(=O)N(C)[C@H](C(N)=O)C(C)C)C(C)C)C(C)C)C(C)C)C(C)C)C(C)C. The molecule has 0 saturated heterocycles. The number of hydrogen-bond donors (Lipinski definition) is 2. The van der Waals surface area contributed by atoms with Crippen molar-refractivity contribution < 1.29 is 33.6 Å². The predicted octanol–water partition coefficient (Wildman–Crippen LogP) is 3.20. The molecule has 15 heteroatoms. The van der Waals surface area contributed by atoms with E-state index in [2.05, 4.69) is 5.32 Å². The summed E-state index contributed by atoms with van der Waals surface area (Å²) >= 11 is 0. The number of carbonyl (C=O) groups excluding carboxylic acids is 7. The van der Waals surface area contributed by atoms with Gasteiger partial charge in [0.05, 0.1) is 6.04 Å². The predicted molar refractivity (Wildman–Crippen MR) is 241 cm³/mol. The van der Waals surface area contributed by atoms with E-state index in [1.165, 1.54) is 57.6 Å². The van der Waals surface area contributed by atoms with Crippen LogP contribution in [0, 0.1) is 35.5 Å². The van der Waals surface area contributed by atoms with Gasteiger partial charge in [0.1, 0.15) is 36.3 Å². The third-order valence-electron chi connectivity index (χ3n) is 11.9. The van der Waals surface area contributed by atoms with Gasteiger partial charge in [-0.3, -0.25) is 33.6 Å². The minimum Gasteiger partial charge on any atom is -0.368 e. The first-order valence-corrected chi connectivity index (χ1v) is 21.7. The highest BCUT2D eigenvalue weighted by Gasteiger charge is 2.45. The molecule has 7 amide bonds. The molecule has 61 heavy (non-hydrogen) atoms. The van der Waals surface area contributed by atoms with Gasteiger partial charge in [-0.2, -0.15) is 0 Å². The number of amides is 7. The molecule has 7 atom stereocenters. The Bertz CT molecular complexity index is 1650. The number of hydrogen-bond acceptors (Lipinski definition) is 8. The molecular weight excluding hydrogens is 777 g/mol. The van der Waals surface area contributed by atoms with Gasteiger partial charge in [0.25, 0.3) is 0 Å². The topological polar surface area (TPSA) is 177 Å². The molecule has 0 fully saturated rings. The first-order valence-electron chi connectivity index (χ1n) is 21.7. The summed E-state index contributed by atoms with van der Waals surface area (Å²) in [6.45, 7) is 22.1. The largest absolute Gasteiger partial charge is 0.368 e. The number of rotatable bonds is 22. The Morgan fingerprint density at radius 2 is 0.738 bits per heavy atom. The van der Waals surface area contributed by atoms with Crippen LogP contribution in [0.1, 0.15) is 88.6 Å². The average molecular weight is 857 g/mol. The van der Waals surface area contributed by atoms with Crippen molar-refractivity contribution in [3.63, 3.8) is 0 Å². The van der Waals surface area contributed by atoms with Crippen molar-refractivity contribution in [3.05, 3.63) is 35.9 Å². The summed E-state index contributed by atoms with van der Waals surface area (Å²) in [5.41, 5.74) is 6.53. The summed E-state index contributed by atoms with van der Waals surface area (Å²) in [6, 6.07) is 2.81. The molecule has 0 radical (unpaired) electrons. The summed E-state index contributed by atoms with van der Waals surface area (Å²) in [4.78, 5) is 107. The highest BCUT2D eigenvalue weighted by Crippen LogP contribution is 2.25. The monoisotopic (exact) mass is 857 g/mol. The minimum atomic E-state index is -1.05. The maximum Gasteiger partial charge on any atom is 0.246 e. The zero-order valence-electron chi connectivity index (χ0n) is 40.7. The Kier molecular flexibility index (Phi) is 21.1. The second kappa shape index (κ2) is 23.6. The Balaban J connectivity index is 3.66. The van der Waals surface area contributed by atoms with Gasteiger partial charge in [-0.25, -0.2) is 0 Å². The molecular formula is C46H80N8O7. The zero-order valence-corrected chi connectivity index (χ0v) is 40.7. The van der Waals surface area contributed by atoms with E-state index in [1.54, 1.807) is 35.0 Å². The Morgan fingerprint density at radius 1 is 0.443 bits per heavy atom. The molecule has 0 heterocycles. The van der Waals surface area contributed by atoms with Crippen molar-refractivity contribution in [3.8, 4) is 0 Å². The normalized spacial score (nSPS) is 15.2. The zero-order chi connectivity index (χ0) is 47.5. The van der Waals surface area contributed by atoms with Crippen LogP contribution >= 0.6 is 0 Å². The van der Waals surface area contributed by atoms with Crippen LogP contribution in [-0.2, 0) is 40.0 Å². The van der Waals surface area contributed by atoms with Crippen molar-refractivity contribution in [2.24, 2.45) is 41.2 Å². The van der Waals surface area contributed by atoms with Gasteiger partial charge < -0.3 is 40.4 Å². The van der Waals surface area contributed by atoms with E-state index in [1.807, 2.05) is 99.6 Å². The van der Waals surface area contributed by atoms with Crippen LogP contribution in [-0.4, -0.2) is 162 Å². The van der Waals surface area contributed by atoms with Crippen molar-refractivity contribution in [2.45, 2.75) is 132 Å². The molecule has 0 saturated carbocycles. The van der Waals surface area contributed by atoms with Crippen LogP contribution in [0.3, 0.4) is 0 Å². The molecule has 1 aromatic carbocycles. The highest BCUT2D eigenvalue weighted by atomic mass is 16.2. The summed E-state index contributed by atoms with van der Waals surface area (Å²) in [7, 11) is 11.0. The lowest BCUT2D eigenvalue weighted by Crippen LogP contribution is -2.63. The van der Waals surface area contributed by atoms with Gasteiger partial charge in [-0.1, -0.05) is 113 Å². The molecule has 0 bridgehead atoms. The molecule has 3 N–H and O–H groups in total. The van der Waals surface area contributed by atoms with Gasteiger partial charge in [0, 0.05) is 48.7 Å². The number of benzene rings is 1. The van der Waals surface area contributed by atoms with Crippen LogP contribution in [0.15, 0.2) is 30.3 Å². The molecule has 346 valence electrons. The average Bonchev–Trinajstić information content (AvgIpc) is 3.15. The van der Waals surface area contributed by atoms with Crippen LogP contribution in [0.5, 0.6) is 0 Å². The van der Waals surface area contributed by atoms with Crippen LogP contribution in [0.4, 0.5) is 0 Å². The summed E-state index contributed by atoms with van der Waals surface area (Å²) in [6.07, 6.45) is 0.141. The fourth-order valence-electron chi connectivity index (χ4n) is 8.66. The molecule has 0 aliphatic rings. The molecule has 0 spiro atoms. The van der Waals surface area contributed by atoms with Gasteiger partial charge >= 0.3 is 0 Å². The van der Waals surface area contributed by atoms with Gasteiger partial charge in [0.2, 0.25) is 41.4 Å². The smallest absolute Gasteiger partial charge is 0.246 e. The van der Waals surface area contributed by atoms with Crippen LogP contribution in [0.2, 0.25) is 0 Å². The maximum atomic E-state index is 14.8. The van der Waals surface area contributed by atoms with Crippen molar-refractivity contribution >= 4 is 41.4 Å². The highest BCUT2D eigenvalue weighted by molar-refractivity contribution is 5.97. The lowest BCUT2D eigenvalue weighted by atomic mass is 9.93. The number of nitrogens with zero attached hydrogens (tertiary/aromatic N) is 6. The van der Waals surface area contributed by atoms with Gasteiger partial charge in [0.15, 0.2) is 0 Å². The molecule has 0 unspecified atom stereocenters. The lowest BCUT2D eigenvalue weighted by Gasteiger charge is -2.43. The lowest BCUT2D eigenvalue weighted by molar-refractivity contribution is -0.159. The van der Waals surface area contributed by atoms with Crippen molar-refractivity contribution in [2.75, 3.05) is 49.3 Å². The van der Waals surface area contributed by atoms with Gasteiger partial charge in [-0.05, 0) is 48.1 Å². The van der Waals surface area contributed by atoms with E-state index >= 15 is 0 Å². The van der Waals surface area contributed by atoms with E-state index in [0.29, 0.717) is 0 Å². The Labute approximate surface area is 367 Å². The van der Waals surface area contributed by atoms with E-state index in [0.717, 1.165) is 5.56 Å². The number of primary amides is 1. The fourth-order valence-corrected chi connectivity index (χ4v) is 8.66. The molecule has 1 rings (SSSR count). The van der Waals surface area contributed by atoms with E-state index in [-0.39, 0.29) is 36.0 Å². The molecule has 15 nitrogen and oxygen atoms in total. The third-order valence-corrected chi connectivity index (χ3v) is 11.9. The second-order valence-corrected chi connectivity index (χ2v) is 18.8. The van der Waals surface area contributed by atoms with Crippen LogP contribution in [0.25, 0.3) is 0 Å². The molecule has 1 aromatic rings. The Morgan fingerprint density at radius 3 is 1.02 bits per heavy atom. The van der Waals surface area contributed by atoms with Gasteiger partial charge in [-0.15, -0.1) is 0 Å². The summed E-state index contributed by atoms with van der Waals surface area (Å²) < 4.78 is 0. The quantitative estimate of drug-likeness (QED) is 0.179. The van der Waals surface area contributed by atoms with E-state index < -0.39 is 89.6 Å².